The molecule has 0 aromatic carbocycles. The van der Waals surface area contributed by atoms with Crippen molar-refractivity contribution < 1.29 is 116 Å². The summed E-state index contributed by atoms with van der Waals surface area (Å²) >= 11 is 0. The van der Waals surface area contributed by atoms with Crippen LogP contribution in [-0.4, -0.2) is 190 Å². The second-order valence-electron chi connectivity index (χ2n) is 14.0. The third-order valence-corrected chi connectivity index (χ3v) is 7.44. The smallest absolute Gasteiger partial charge is 0.340 e. The summed E-state index contributed by atoms with van der Waals surface area (Å²) < 4.78 is 52.1. The molecule has 0 spiro atoms. The third-order valence-electron chi connectivity index (χ3n) is 7.44. The van der Waals surface area contributed by atoms with E-state index in [-0.39, 0.29) is 79.7 Å². The van der Waals surface area contributed by atoms with E-state index in [9.17, 15) is 43.8 Å². The Labute approximate surface area is 389 Å². The lowest BCUT2D eigenvalue weighted by atomic mass is 10.1. The van der Waals surface area contributed by atoms with Crippen molar-refractivity contribution in [1.29, 1.82) is 0 Å². The average molecular weight is 969 g/mol. The lowest BCUT2D eigenvalue weighted by Gasteiger charge is -2.39. The first kappa shape index (κ1) is 68.2. The Morgan fingerprint density at radius 2 is 0.806 bits per heavy atom. The minimum atomic E-state index is -2.17. The van der Waals surface area contributed by atoms with Gasteiger partial charge in [-0.05, 0) is 41.5 Å². The lowest BCUT2D eigenvalue weighted by Crippen LogP contribution is -2.57. The van der Waals surface area contributed by atoms with Gasteiger partial charge < -0.3 is 82.7 Å². The molecule has 24 nitrogen and oxygen atoms in total. The fourth-order valence-corrected chi connectivity index (χ4v) is 2.99. The number of aliphatic hydroxyl groups excluding tert-OH is 4. The van der Waals surface area contributed by atoms with Crippen molar-refractivity contribution in [1.82, 2.24) is 0 Å². The highest BCUT2D eigenvalue weighted by atomic mass is 16.8. The molecule has 0 saturated carbocycles. The molecule has 0 bridgehead atoms. The number of ether oxygens (including phenoxy) is 11. The van der Waals surface area contributed by atoms with Gasteiger partial charge in [-0.1, -0.05) is 39.5 Å². The average Bonchev–Trinajstić information content (AvgIpc) is 3.29. The van der Waals surface area contributed by atoms with Crippen molar-refractivity contribution in [3.05, 3.63) is 72.9 Å². The van der Waals surface area contributed by atoms with Crippen LogP contribution < -0.4 is 0 Å². The van der Waals surface area contributed by atoms with Crippen LogP contribution in [0.3, 0.4) is 0 Å². The fraction of sp³-hybridized carbons (Fsp3) is 0.558. The minimum Gasteiger partial charge on any atom is -0.459 e. The highest BCUT2D eigenvalue weighted by Crippen LogP contribution is 2.23. The first-order valence-electron chi connectivity index (χ1n) is 19.1. The van der Waals surface area contributed by atoms with Crippen LogP contribution in [0.2, 0.25) is 0 Å². The predicted octanol–water partition coefficient (Wildman–Crippen LogP) is -0.428. The van der Waals surface area contributed by atoms with Crippen LogP contribution >= 0.6 is 0 Å². The van der Waals surface area contributed by atoms with Gasteiger partial charge in [0.15, 0.2) is 19.0 Å². The van der Waals surface area contributed by atoms with E-state index < -0.39 is 84.6 Å². The molecule has 0 aliphatic carbocycles. The number of methoxy groups -OCH3 is 4. The van der Waals surface area contributed by atoms with Crippen LogP contribution in [0.25, 0.3) is 0 Å². The Morgan fingerprint density at radius 3 is 1.09 bits per heavy atom. The molecule has 6 N–H and O–H groups in total. The van der Waals surface area contributed by atoms with Gasteiger partial charge in [-0.25, -0.2) is 28.8 Å². The van der Waals surface area contributed by atoms with E-state index in [2.05, 4.69) is 58.4 Å². The quantitative estimate of drug-likeness (QED) is 0.0264. The van der Waals surface area contributed by atoms with Crippen LogP contribution in [0.5, 0.6) is 0 Å². The van der Waals surface area contributed by atoms with E-state index >= 15 is 0 Å². The molecule has 0 aromatic rings. The molecule has 0 radical (unpaired) electrons. The van der Waals surface area contributed by atoms with E-state index in [1.54, 1.807) is 0 Å². The van der Waals surface area contributed by atoms with Crippen molar-refractivity contribution in [3.63, 3.8) is 0 Å². The Kier molecular flexibility index (Phi) is 35.5. The number of carbonyl (C=O) groups is 7. The summed E-state index contributed by atoms with van der Waals surface area (Å²) in [6, 6.07) is 0. The minimum absolute atomic E-state index is 0.155. The molecule has 0 atom stereocenters. The third kappa shape index (κ3) is 30.5. The monoisotopic (exact) mass is 968 g/mol. The Hall–Kier alpha value is -5.35. The molecule has 1 heterocycles. The van der Waals surface area contributed by atoms with Crippen LogP contribution in [-0.2, 0) is 85.7 Å². The molecule has 24 heteroatoms. The normalized spacial score (nSPS) is 15.9. The number of carbonyl (C=O) groups excluding carboxylic acids is 7. The Balaban J connectivity index is -0.000000387. The second-order valence-corrected chi connectivity index (χ2v) is 14.0. The summed E-state index contributed by atoms with van der Waals surface area (Å²) in [6.07, 6.45) is 0. The number of Topliss-reactive ketones (excluding diaryl/α,β-unsaturated/α-hetero) is 1. The molecule has 1 aliphatic heterocycles. The van der Waals surface area contributed by atoms with Gasteiger partial charge in [-0.15, -0.1) is 0 Å². The van der Waals surface area contributed by atoms with E-state index in [0.29, 0.717) is 0 Å². The molecule has 0 amide bonds. The summed E-state index contributed by atoms with van der Waals surface area (Å²) in [7, 11) is 5.43. The van der Waals surface area contributed by atoms with Crippen LogP contribution in [0.1, 0.15) is 41.5 Å². The number of esters is 6. The fourth-order valence-electron chi connectivity index (χ4n) is 2.99. The zero-order valence-corrected chi connectivity index (χ0v) is 39.8. The van der Waals surface area contributed by atoms with Gasteiger partial charge in [0.2, 0.25) is 11.6 Å². The van der Waals surface area contributed by atoms with E-state index in [0.717, 1.165) is 0 Å². The maximum Gasteiger partial charge on any atom is 0.340 e. The highest BCUT2D eigenvalue weighted by Gasteiger charge is 2.45. The van der Waals surface area contributed by atoms with Gasteiger partial charge in [-0.3, -0.25) is 4.79 Å². The summed E-state index contributed by atoms with van der Waals surface area (Å²) in [6.45, 7) is 25.0. The van der Waals surface area contributed by atoms with Crippen molar-refractivity contribution >= 4 is 41.6 Å². The summed E-state index contributed by atoms with van der Waals surface area (Å²) in [5, 5.41) is 54.3. The first-order chi connectivity index (χ1) is 30.8. The number of hydrogen-bond donors (Lipinski definition) is 6. The van der Waals surface area contributed by atoms with Crippen molar-refractivity contribution in [2.45, 2.75) is 64.7 Å². The number of hydrogen-bond acceptors (Lipinski definition) is 24. The van der Waals surface area contributed by atoms with E-state index in [1.807, 2.05) is 0 Å². The summed E-state index contributed by atoms with van der Waals surface area (Å²) in [5.74, 6) is -9.17. The zero-order valence-electron chi connectivity index (χ0n) is 39.8. The van der Waals surface area contributed by atoms with Gasteiger partial charge in [0.1, 0.15) is 32.0 Å². The van der Waals surface area contributed by atoms with Gasteiger partial charge in [0.25, 0.3) is 0 Å². The second kappa shape index (κ2) is 34.9. The van der Waals surface area contributed by atoms with Crippen LogP contribution in [0, 0.1) is 0 Å². The maximum atomic E-state index is 11.3. The SMILES string of the molecule is C=C(C)C(=O)OC(=O)C(=C)C.C=C(C)C(=O)OCC(=O)CO.C=C(C)C(=O)OCC(CO)(OC)OC.C=C(C)C(=O)OCC1(O)COC(O)(COC(=O)C(=C)C)OC1.COC(CO)(CO)OC. The molecule has 67 heavy (non-hydrogen) atoms. The van der Waals surface area contributed by atoms with Crippen molar-refractivity contribution in [2.24, 2.45) is 0 Å². The Bertz CT molecular complexity index is 1600. The predicted molar refractivity (Wildman–Crippen MR) is 232 cm³/mol. The topological polar surface area (TPSA) is 342 Å². The number of rotatable bonds is 22. The van der Waals surface area contributed by atoms with Crippen LogP contribution in [0.15, 0.2) is 72.9 Å². The molecule has 384 valence electrons. The lowest BCUT2D eigenvalue weighted by molar-refractivity contribution is -0.420. The highest BCUT2D eigenvalue weighted by molar-refractivity contribution is 6.00. The molecular formula is C43H68O24. The van der Waals surface area contributed by atoms with Crippen molar-refractivity contribution in [3.8, 4) is 0 Å². The van der Waals surface area contributed by atoms with Gasteiger partial charge >= 0.3 is 41.8 Å². The molecule has 0 aromatic heterocycles. The Morgan fingerprint density at radius 1 is 0.493 bits per heavy atom. The number of aliphatic hydroxyl groups is 6. The van der Waals surface area contributed by atoms with Crippen molar-refractivity contribution in [2.75, 3.05) is 94.5 Å². The maximum absolute atomic E-state index is 11.3. The molecule has 0 unspecified atom stereocenters. The molecule has 1 rings (SSSR count). The molecule has 1 saturated heterocycles. The number of ketones is 1. The first-order valence-corrected chi connectivity index (χ1v) is 19.1. The molecular weight excluding hydrogens is 900 g/mol. The largest absolute Gasteiger partial charge is 0.459 e. The molecule has 1 aliphatic rings. The zero-order chi connectivity index (χ0) is 53.4. The van der Waals surface area contributed by atoms with Gasteiger partial charge in [0.05, 0.1) is 26.4 Å². The summed E-state index contributed by atoms with van der Waals surface area (Å²) in [4.78, 5) is 75.9. The standard InChI is InChI=1S/C14H20O8.C9H16O5.C8H10O3.C7H10O4.C5H12O4/c1-9(2)11(15)19-5-13(17)6-21-14(18,22-7-13)8-20-12(16)10(3)4;1-7(2)8(11)14-6-9(5-10,12-3)13-4;1-5(2)7(9)11-8(10)6(3)4;1-5(2)7(10)11-4-6(9)3-8;1-8-5(3-6,4-7)9-2/h17-18H,1,3,5-8H2,2,4H3;10H,1,5-6H2,2-4H3;1,3H2,2,4H3;8H,1,3-4H2,2H3;6-7H,3-4H2,1-2H3. The van der Waals surface area contributed by atoms with E-state index in [4.69, 9.17) is 53.6 Å². The van der Waals surface area contributed by atoms with Crippen LogP contribution in [0.4, 0.5) is 0 Å². The van der Waals surface area contributed by atoms with Gasteiger partial charge in [-0.2, -0.15) is 0 Å². The van der Waals surface area contributed by atoms with Gasteiger partial charge in [0, 0.05) is 61.9 Å². The summed E-state index contributed by atoms with van der Waals surface area (Å²) in [5.41, 5.74) is -0.374. The molecule has 1 fully saturated rings. The van der Waals surface area contributed by atoms with E-state index in [1.165, 1.54) is 70.0 Å².